The van der Waals surface area contributed by atoms with Gasteiger partial charge in [-0.3, -0.25) is 13.8 Å². The third-order valence-electron chi connectivity index (χ3n) is 13.9. The maximum absolute atomic E-state index is 14.9. The van der Waals surface area contributed by atoms with Crippen molar-refractivity contribution in [2.75, 3.05) is 4.90 Å². The van der Waals surface area contributed by atoms with Crippen molar-refractivity contribution >= 4 is 66.3 Å². The first-order valence-electron chi connectivity index (χ1n) is 22.6. The van der Waals surface area contributed by atoms with Crippen LogP contribution in [0.25, 0.3) is 88.3 Å². The van der Waals surface area contributed by atoms with Crippen molar-refractivity contribution in [1.82, 2.24) is 14.0 Å². The normalized spacial score (nSPS) is 12.9. The first-order valence-corrected chi connectivity index (χ1v) is 22.6. The van der Waals surface area contributed by atoms with E-state index in [0.717, 1.165) is 83.3 Å². The van der Waals surface area contributed by atoms with Crippen molar-refractivity contribution in [3.05, 3.63) is 240 Å². The first kappa shape index (κ1) is 38.0. The molecule has 0 N–H and O–H groups in total. The molecule has 0 spiro atoms. The average molecular weight is 847 g/mol. The monoisotopic (exact) mass is 846 g/mol. The summed E-state index contributed by atoms with van der Waals surface area (Å²) in [6, 6.07) is 77.0. The number of pyridine rings is 2. The van der Waals surface area contributed by atoms with E-state index in [-0.39, 0.29) is 11.0 Å². The Kier molecular flexibility index (Phi) is 8.34. The standard InChI is InChI=1S/C61H42N4O/c1-61(2)53-24-11-10-19-47(53)48-36-35-46(38-54(48)61)63(45-18-14-17-42(37-45)39-15-4-3-5-16-39)43-31-27-40(28-32-43)41-29-33-44(34-30-41)64-59-57(50-21-7-9-23-52(50)60(64)66)49-20-6-8-22-51(49)58-62-55-25-12-13-26-56(55)65(58)59/h3-38H,1-2H3. The highest BCUT2D eigenvalue weighted by atomic mass is 16.1. The summed E-state index contributed by atoms with van der Waals surface area (Å²) in [4.78, 5) is 22.4. The van der Waals surface area contributed by atoms with Crippen LogP contribution in [0.3, 0.4) is 0 Å². The number of para-hydroxylation sites is 2. The molecule has 0 atom stereocenters. The number of nitrogens with zero attached hydrogens (tertiary/aromatic N) is 4. The highest BCUT2D eigenvalue weighted by molar-refractivity contribution is 6.22. The van der Waals surface area contributed by atoms with Crippen LogP contribution < -0.4 is 10.5 Å². The smallest absolute Gasteiger partial charge is 0.264 e. The van der Waals surface area contributed by atoms with Crippen LogP contribution in [-0.4, -0.2) is 14.0 Å². The number of fused-ring (bicyclic) bond motifs is 13. The van der Waals surface area contributed by atoms with E-state index in [1.54, 1.807) is 0 Å². The van der Waals surface area contributed by atoms with Crippen molar-refractivity contribution in [2.45, 2.75) is 19.3 Å². The first-order chi connectivity index (χ1) is 32.4. The molecular formula is C61H42N4O. The number of anilines is 3. The Hall–Kier alpha value is -8.54. The molecule has 66 heavy (non-hydrogen) atoms. The molecule has 0 unspecified atom stereocenters. The lowest BCUT2D eigenvalue weighted by atomic mass is 9.82. The lowest BCUT2D eigenvalue weighted by Crippen LogP contribution is -2.21. The molecule has 0 aliphatic heterocycles. The molecule has 1 aliphatic carbocycles. The Labute approximate surface area is 381 Å². The van der Waals surface area contributed by atoms with E-state index in [9.17, 15) is 4.79 Å². The average Bonchev–Trinajstić information content (AvgIpc) is 3.87. The van der Waals surface area contributed by atoms with E-state index in [1.807, 2.05) is 41.0 Å². The third kappa shape index (κ3) is 5.66. The Morgan fingerprint density at radius 3 is 1.82 bits per heavy atom. The molecule has 3 heterocycles. The van der Waals surface area contributed by atoms with E-state index >= 15 is 0 Å². The van der Waals surface area contributed by atoms with Crippen LogP contribution in [0.5, 0.6) is 0 Å². The van der Waals surface area contributed by atoms with Gasteiger partial charge in [0.05, 0.1) is 16.7 Å². The van der Waals surface area contributed by atoms with Gasteiger partial charge in [0.2, 0.25) is 0 Å². The van der Waals surface area contributed by atoms with E-state index in [4.69, 9.17) is 4.98 Å². The zero-order chi connectivity index (χ0) is 44.1. The molecule has 0 fully saturated rings. The minimum atomic E-state index is -0.133. The largest absolute Gasteiger partial charge is 0.310 e. The fraction of sp³-hybridized carbons (Fsp3) is 0.0492. The van der Waals surface area contributed by atoms with Crippen LogP contribution in [0.15, 0.2) is 223 Å². The van der Waals surface area contributed by atoms with Crippen LogP contribution in [-0.2, 0) is 5.41 Å². The topological polar surface area (TPSA) is 42.5 Å². The highest BCUT2D eigenvalue weighted by Gasteiger charge is 2.36. The lowest BCUT2D eigenvalue weighted by molar-refractivity contribution is 0.660. The maximum Gasteiger partial charge on any atom is 0.264 e. The molecule has 0 bridgehead atoms. The number of imidazole rings is 1. The van der Waals surface area contributed by atoms with Crippen molar-refractivity contribution in [3.63, 3.8) is 0 Å². The molecule has 13 rings (SSSR count). The summed E-state index contributed by atoms with van der Waals surface area (Å²) in [6.45, 7) is 4.67. The molecular weight excluding hydrogens is 805 g/mol. The quantitative estimate of drug-likeness (QED) is 0.157. The summed E-state index contributed by atoms with van der Waals surface area (Å²) in [6.07, 6.45) is 0. The van der Waals surface area contributed by atoms with Gasteiger partial charge >= 0.3 is 0 Å². The van der Waals surface area contributed by atoms with Crippen molar-refractivity contribution < 1.29 is 0 Å². The molecule has 0 amide bonds. The van der Waals surface area contributed by atoms with Crippen LogP contribution in [0, 0.1) is 0 Å². The molecule has 0 radical (unpaired) electrons. The summed E-state index contributed by atoms with van der Waals surface area (Å²) < 4.78 is 4.06. The van der Waals surface area contributed by atoms with Crippen molar-refractivity contribution in [2.24, 2.45) is 0 Å². The van der Waals surface area contributed by atoms with Gasteiger partial charge in [0.1, 0.15) is 11.3 Å². The highest BCUT2D eigenvalue weighted by Crippen LogP contribution is 2.51. The Bertz CT molecular complexity index is 3980. The Morgan fingerprint density at radius 2 is 1.03 bits per heavy atom. The van der Waals surface area contributed by atoms with E-state index in [2.05, 4.69) is 205 Å². The fourth-order valence-electron chi connectivity index (χ4n) is 10.7. The molecule has 5 heteroatoms. The van der Waals surface area contributed by atoms with Gasteiger partial charge in [-0.25, -0.2) is 4.98 Å². The molecule has 0 saturated heterocycles. The van der Waals surface area contributed by atoms with Gasteiger partial charge in [-0.2, -0.15) is 0 Å². The number of aromatic nitrogens is 3. The van der Waals surface area contributed by atoms with Gasteiger partial charge in [0, 0.05) is 38.6 Å². The van der Waals surface area contributed by atoms with Crippen LogP contribution in [0.2, 0.25) is 0 Å². The van der Waals surface area contributed by atoms with Crippen LogP contribution in [0.4, 0.5) is 17.1 Å². The number of benzene rings is 9. The van der Waals surface area contributed by atoms with Crippen LogP contribution in [0.1, 0.15) is 25.0 Å². The SMILES string of the molecule is CC1(C)c2ccccc2-c2ccc(N(c3ccc(-c4ccc(-n5c(=O)c6ccccc6c6c7ccccc7c7nc8ccccc8n7c65)cc4)cc3)c3cccc(-c4ccccc4)c3)cc21. The third-order valence-corrected chi connectivity index (χ3v) is 13.9. The zero-order valence-electron chi connectivity index (χ0n) is 36.5. The van der Waals surface area contributed by atoms with E-state index in [1.165, 1.54) is 27.8 Å². The van der Waals surface area contributed by atoms with Crippen LogP contribution >= 0.6 is 0 Å². The second kappa shape index (κ2) is 14.5. The van der Waals surface area contributed by atoms with Crippen molar-refractivity contribution in [3.8, 4) is 39.1 Å². The molecule has 12 aromatic rings. The number of hydrogen-bond donors (Lipinski definition) is 0. The van der Waals surface area contributed by atoms with E-state index in [0.29, 0.717) is 5.39 Å². The minimum Gasteiger partial charge on any atom is -0.310 e. The lowest BCUT2D eigenvalue weighted by Gasteiger charge is -2.28. The van der Waals surface area contributed by atoms with Crippen molar-refractivity contribution in [1.29, 1.82) is 0 Å². The molecule has 312 valence electrons. The van der Waals surface area contributed by atoms with Gasteiger partial charge in [-0.15, -0.1) is 0 Å². The number of hydrogen-bond acceptors (Lipinski definition) is 3. The summed E-state index contributed by atoms with van der Waals surface area (Å²) in [5, 5.41) is 4.73. The summed E-state index contributed by atoms with van der Waals surface area (Å²) in [5.41, 5.74) is 17.1. The summed E-state index contributed by atoms with van der Waals surface area (Å²) in [7, 11) is 0. The van der Waals surface area contributed by atoms with Gasteiger partial charge in [-0.1, -0.05) is 166 Å². The zero-order valence-corrected chi connectivity index (χ0v) is 36.5. The van der Waals surface area contributed by atoms with Gasteiger partial charge in [-0.05, 0) is 122 Å². The maximum atomic E-state index is 14.9. The molecule has 5 nitrogen and oxygen atoms in total. The number of rotatable bonds is 6. The molecule has 1 aliphatic rings. The Balaban J connectivity index is 0.938. The molecule has 3 aromatic heterocycles. The second-order valence-electron chi connectivity index (χ2n) is 17.9. The molecule has 0 saturated carbocycles. The summed E-state index contributed by atoms with van der Waals surface area (Å²) >= 11 is 0. The fourth-order valence-corrected chi connectivity index (χ4v) is 10.7. The second-order valence-corrected chi connectivity index (χ2v) is 17.9. The van der Waals surface area contributed by atoms with Gasteiger partial charge < -0.3 is 4.90 Å². The molecule has 9 aromatic carbocycles. The minimum absolute atomic E-state index is 0.0696. The van der Waals surface area contributed by atoms with Gasteiger partial charge in [0.25, 0.3) is 5.56 Å². The predicted molar refractivity (Wildman–Crippen MR) is 274 cm³/mol. The van der Waals surface area contributed by atoms with E-state index < -0.39 is 0 Å². The Morgan fingerprint density at radius 1 is 0.455 bits per heavy atom. The summed E-state index contributed by atoms with van der Waals surface area (Å²) in [5.74, 6) is 0. The predicted octanol–water partition coefficient (Wildman–Crippen LogP) is 15.2. The van der Waals surface area contributed by atoms with Gasteiger partial charge in [0.15, 0.2) is 0 Å².